The molecule has 0 spiro atoms. The molecule has 0 aliphatic rings. The summed E-state index contributed by atoms with van der Waals surface area (Å²) in [6.45, 7) is 5.15. The Hall–Kier alpha value is -2.53. The van der Waals surface area contributed by atoms with Gasteiger partial charge in [-0.2, -0.15) is 5.10 Å². The van der Waals surface area contributed by atoms with E-state index < -0.39 is 33.2 Å². The van der Waals surface area contributed by atoms with Crippen molar-refractivity contribution in [3.8, 4) is 0 Å². The average Bonchev–Trinajstić information content (AvgIpc) is 2.90. The molecular weight excluding hydrogens is 362 g/mol. The van der Waals surface area contributed by atoms with E-state index in [1.807, 2.05) is 13.8 Å². The molecule has 0 aromatic carbocycles. The molecule has 0 saturated carbocycles. The van der Waals surface area contributed by atoms with Gasteiger partial charge in [-0.05, 0) is 19.8 Å². The summed E-state index contributed by atoms with van der Waals surface area (Å²) < 4.78 is 29.7. The summed E-state index contributed by atoms with van der Waals surface area (Å²) in [7, 11) is -2.24. The number of carboxylic acids is 1. The van der Waals surface area contributed by atoms with Crippen LogP contribution in [-0.2, 0) is 29.9 Å². The summed E-state index contributed by atoms with van der Waals surface area (Å²) in [6.07, 6.45) is 1.83. The van der Waals surface area contributed by atoms with Crippen molar-refractivity contribution >= 4 is 16.0 Å². The Labute approximate surface area is 150 Å². The molecule has 26 heavy (non-hydrogen) atoms. The highest BCUT2D eigenvalue weighted by Crippen LogP contribution is 2.23. The Bertz CT molecular complexity index is 992. The van der Waals surface area contributed by atoms with Gasteiger partial charge in [0.25, 0.3) is 5.56 Å². The van der Waals surface area contributed by atoms with Gasteiger partial charge in [-0.3, -0.25) is 9.48 Å². The number of aryl methyl sites for hydroxylation is 2. The average molecular weight is 383 g/mol. The lowest BCUT2D eigenvalue weighted by atomic mass is 10.2. The Kier molecular flexibility index (Phi) is 5.62. The van der Waals surface area contributed by atoms with Crippen LogP contribution in [0.1, 0.15) is 54.4 Å². The van der Waals surface area contributed by atoms with Crippen LogP contribution >= 0.6 is 0 Å². The fraction of sp³-hybridized carbons (Fsp3) is 0.467. The SMILES string of the molecule is CCc1nn(C)c(CC)c1S(=O)(=O)NC(C)c1ncc(C(=O)O)c(=O)[nH]1. The van der Waals surface area contributed by atoms with Crippen LogP contribution in [-0.4, -0.2) is 39.2 Å². The van der Waals surface area contributed by atoms with Gasteiger partial charge in [-0.1, -0.05) is 13.8 Å². The second kappa shape index (κ2) is 7.38. The maximum absolute atomic E-state index is 12.9. The molecule has 0 bridgehead atoms. The molecule has 0 aliphatic heterocycles. The van der Waals surface area contributed by atoms with E-state index in [1.54, 1.807) is 11.7 Å². The van der Waals surface area contributed by atoms with E-state index in [1.165, 1.54) is 6.92 Å². The Morgan fingerprint density at radius 1 is 1.38 bits per heavy atom. The zero-order valence-corrected chi connectivity index (χ0v) is 15.7. The van der Waals surface area contributed by atoms with Gasteiger partial charge in [0, 0.05) is 13.2 Å². The number of carbonyl (C=O) groups is 1. The third-order valence-corrected chi connectivity index (χ3v) is 5.59. The maximum atomic E-state index is 12.9. The number of H-pyrrole nitrogens is 1. The fourth-order valence-electron chi connectivity index (χ4n) is 2.66. The second-order valence-corrected chi connectivity index (χ2v) is 7.36. The highest BCUT2D eigenvalue weighted by Gasteiger charge is 2.28. The first kappa shape index (κ1) is 19.8. The molecule has 1 unspecified atom stereocenters. The molecule has 2 heterocycles. The van der Waals surface area contributed by atoms with E-state index in [0.717, 1.165) is 6.20 Å². The number of nitrogens with zero attached hydrogens (tertiary/aromatic N) is 3. The maximum Gasteiger partial charge on any atom is 0.342 e. The Morgan fingerprint density at radius 3 is 2.54 bits per heavy atom. The molecule has 0 radical (unpaired) electrons. The van der Waals surface area contributed by atoms with Crippen molar-refractivity contribution in [1.82, 2.24) is 24.5 Å². The van der Waals surface area contributed by atoms with Crippen molar-refractivity contribution in [3.63, 3.8) is 0 Å². The summed E-state index contributed by atoms with van der Waals surface area (Å²) >= 11 is 0. The van der Waals surface area contributed by atoms with Crippen molar-refractivity contribution in [2.24, 2.45) is 7.05 Å². The zero-order chi connectivity index (χ0) is 19.6. The number of nitrogens with one attached hydrogen (secondary N) is 2. The first-order valence-corrected chi connectivity index (χ1v) is 9.50. The summed E-state index contributed by atoms with van der Waals surface area (Å²) in [5, 5.41) is 13.1. The molecule has 1 atom stereocenters. The van der Waals surface area contributed by atoms with Crippen LogP contribution in [0.3, 0.4) is 0 Å². The zero-order valence-electron chi connectivity index (χ0n) is 14.9. The quantitative estimate of drug-likeness (QED) is 0.625. The smallest absolute Gasteiger partial charge is 0.342 e. The number of rotatable bonds is 7. The number of sulfonamides is 1. The molecule has 0 aliphatic carbocycles. The van der Waals surface area contributed by atoms with Crippen molar-refractivity contribution in [2.75, 3.05) is 0 Å². The largest absolute Gasteiger partial charge is 0.477 e. The number of carboxylic acid groups (broad SMARTS) is 1. The van der Waals surface area contributed by atoms with Gasteiger partial charge in [-0.15, -0.1) is 0 Å². The number of hydrogen-bond donors (Lipinski definition) is 3. The Balaban J connectivity index is 2.40. The van der Waals surface area contributed by atoms with Crippen LogP contribution in [0.25, 0.3) is 0 Å². The van der Waals surface area contributed by atoms with Crippen LogP contribution in [0.2, 0.25) is 0 Å². The van der Waals surface area contributed by atoms with E-state index in [-0.39, 0.29) is 10.7 Å². The number of aromatic carboxylic acids is 1. The van der Waals surface area contributed by atoms with Gasteiger partial charge in [-0.25, -0.2) is 22.9 Å². The van der Waals surface area contributed by atoms with E-state index in [9.17, 15) is 18.0 Å². The molecule has 142 valence electrons. The van der Waals surface area contributed by atoms with Gasteiger partial charge in [0.2, 0.25) is 10.0 Å². The normalized spacial score (nSPS) is 12.9. The molecule has 3 N–H and O–H groups in total. The first-order valence-electron chi connectivity index (χ1n) is 8.01. The van der Waals surface area contributed by atoms with E-state index in [4.69, 9.17) is 5.11 Å². The topological polar surface area (TPSA) is 147 Å². The minimum atomic E-state index is -3.92. The highest BCUT2D eigenvalue weighted by molar-refractivity contribution is 7.89. The van der Waals surface area contributed by atoms with Crippen LogP contribution < -0.4 is 10.3 Å². The summed E-state index contributed by atoms with van der Waals surface area (Å²) in [5.41, 5.74) is -0.341. The molecular formula is C15H21N5O5S. The number of aromatic amines is 1. The third-order valence-electron chi connectivity index (χ3n) is 3.92. The predicted octanol–water partition coefficient (Wildman–Crippen LogP) is 0.366. The summed E-state index contributed by atoms with van der Waals surface area (Å²) in [5.74, 6) is -1.39. The highest BCUT2D eigenvalue weighted by atomic mass is 32.2. The molecule has 2 aromatic heterocycles. The monoisotopic (exact) mass is 383 g/mol. The van der Waals surface area contributed by atoms with Gasteiger partial charge in [0.05, 0.1) is 17.4 Å². The second-order valence-electron chi connectivity index (χ2n) is 5.71. The first-order chi connectivity index (χ1) is 12.1. The molecule has 2 rings (SSSR count). The number of hydrogen-bond acceptors (Lipinski definition) is 6. The van der Waals surface area contributed by atoms with Gasteiger partial charge in [0.1, 0.15) is 16.3 Å². The molecule has 10 nitrogen and oxygen atoms in total. The van der Waals surface area contributed by atoms with Crippen LogP contribution in [0.15, 0.2) is 15.9 Å². The minimum Gasteiger partial charge on any atom is -0.477 e. The van der Waals surface area contributed by atoms with E-state index in [0.29, 0.717) is 24.2 Å². The van der Waals surface area contributed by atoms with Crippen molar-refractivity contribution in [3.05, 3.63) is 39.3 Å². The molecule has 0 fully saturated rings. The molecule has 11 heteroatoms. The fourth-order valence-corrected chi connectivity index (χ4v) is 4.44. The van der Waals surface area contributed by atoms with Crippen LogP contribution in [0, 0.1) is 0 Å². The van der Waals surface area contributed by atoms with Crippen molar-refractivity contribution < 1.29 is 18.3 Å². The lowest BCUT2D eigenvalue weighted by molar-refractivity contribution is 0.0694. The summed E-state index contributed by atoms with van der Waals surface area (Å²) in [4.78, 5) is 28.9. The van der Waals surface area contributed by atoms with E-state index >= 15 is 0 Å². The lowest BCUT2D eigenvalue weighted by Crippen LogP contribution is -2.31. The lowest BCUT2D eigenvalue weighted by Gasteiger charge is -2.14. The van der Waals surface area contributed by atoms with Crippen LogP contribution in [0.5, 0.6) is 0 Å². The predicted molar refractivity (Wildman–Crippen MR) is 92.5 cm³/mol. The standard InChI is InChI=1S/C15H21N5O5S/c1-5-10-12(11(6-2)20(4)18-10)26(24,25)19-8(3)13-16-7-9(15(22)23)14(21)17-13/h7-8,19H,5-6H2,1-4H3,(H,22,23)(H,16,17,21). The molecule has 0 amide bonds. The third kappa shape index (κ3) is 3.68. The van der Waals surface area contributed by atoms with E-state index in [2.05, 4.69) is 19.8 Å². The van der Waals surface area contributed by atoms with Crippen molar-refractivity contribution in [1.29, 1.82) is 0 Å². The van der Waals surface area contributed by atoms with Crippen molar-refractivity contribution in [2.45, 2.75) is 44.6 Å². The van der Waals surface area contributed by atoms with Gasteiger partial charge in [0.15, 0.2) is 0 Å². The van der Waals surface area contributed by atoms with Gasteiger partial charge >= 0.3 is 5.97 Å². The van der Waals surface area contributed by atoms with Gasteiger partial charge < -0.3 is 10.1 Å². The minimum absolute atomic E-state index is 0.0172. The summed E-state index contributed by atoms with van der Waals surface area (Å²) in [6, 6.07) is -0.870. The molecule has 2 aromatic rings. The van der Waals surface area contributed by atoms with Crippen LogP contribution in [0.4, 0.5) is 0 Å². The number of aromatic nitrogens is 4. The molecule has 0 saturated heterocycles. The Morgan fingerprint density at radius 2 is 2.04 bits per heavy atom.